The Hall–Kier alpha value is -1.26. The number of imide groups is 1. The standard InChI is InChI=1S/C17H31NO4/c1-8-12-9-13(10-12)11-18(14(19)21-16(2,3)4)15(20)22-17(5,6)7/h12-13H,8-11H2,1-7H3. The van der Waals surface area contributed by atoms with Gasteiger partial charge in [-0.05, 0) is 66.2 Å². The van der Waals surface area contributed by atoms with Crippen molar-refractivity contribution in [3.8, 4) is 0 Å². The average molecular weight is 313 g/mol. The summed E-state index contributed by atoms with van der Waals surface area (Å²) in [5.74, 6) is 1.06. The van der Waals surface area contributed by atoms with Gasteiger partial charge in [0.15, 0.2) is 0 Å². The van der Waals surface area contributed by atoms with Crippen molar-refractivity contribution in [3.63, 3.8) is 0 Å². The van der Waals surface area contributed by atoms with Crippen LogP contribution in [0, 0.1) is 11.8 Å². The molecule has 0 aromatic rings. The van der Waals surface area contributed by atoms with Crippen molar-refractivity contribution in [3.05, 3.63) is 0 Å². The topological polar surface area (TPSA) is 55.8 Å². The zero-order valence-corrected chi connectivity index (χ0v) is 15.1. The summed E-state index contributed by atoms with van der Waals surface area (Å²) in [6, 6.07) is 0. The van der Waals surface area contributed by atoms with Crippen molar-refractivity contribution in [1.82, 2.24) is 4.90 Å². The Morgan fingerprint density at radius 3 is 1.64 bits per heavy atom. The molecule has 0 aliphatic heterocycles. The summed E-state index contributed by atoms with van der Waals surface area (Å²) in [5.41, 5.74) is -1.27. The summed E-state index contributed by atoms with van der Waals surface area (Å²) in [6.45, 7) is 13.3. The predicted molar refractivity (Wildman–Crippen MR) is 85.7 cm³/mol. The van der Waals surface area contributed by atoms with E-state index in [1.807, 2.05) is 0 Å². The molecule has 22 heavy (non-hydrogen) atoms. The zero-order valence-electron chi connectivity index (χ0n) is 15.1. The molecule has 0 N–H and O–H groups in total. The van der Waals surface area contributed by atoms with E-state index in [2.05, 4.69) is 6.92 Å². The summed E-state index contributed by atoms with van der Waals surface area (Å²) in [4.78, 5) is 25.7. The second kappa shape index (κ2) is 6.88. The van der Waals surface area contributed by atoms with E-state index >= 15 is 0 Å². The van der Waals surface area contributed by atoms with Crippen LogP contribution in [0.25, 0.3) is 0 Å². The highest BCUT2D eigenvalue weighted by molar-refractivity contribution is 5.88. The van der Waals surface area contributed by atoms with Gasteiger partial charge in [-0.15, -0.1) is 0 Å². The molecule has 1 saturated carbocycles. The first-order chi connectivity index (χ1) is 9.91. The number of rotatable bonds is 3. The van der Waals surface area contributed by atoms with Crippen molar-refractivity contribution in [1.29, 1.82) is 0 Å². The second-order valence-corrected chi connectivity index (χ2v) is 8.18. The summed E-state index contributed by atoms with van der Waals surface area (Å²) < 4.78 is 10.7. The Balaban J connectivity index is 2.72. The quantitative estimate of drug-likeness (QED) is 0.764. The molecule has 1 rings (SSSR count). The van der Waals surface area contributed by atoms with Crippen LogP contribution < -0.4 is 0 Å². The molecule has 0 atom stereocenters. The highest BCUT2D eigenvalue weighted by atomic mass is 16.6. The molecule has 1 aliphatic rings. The van der Waals surface area contributed by atoms with Gasteiger partial charge in [-0.3, -0.25) is 0 Å². The zero-order chi connectivity index (χ0) is 17.1. The van der Waals surface area contributed by atoms with Crippen LogP contribution in [0.4, 0.5) is 9.59 Å². The fraction of sp³-hybridized carbons (Fsp3) is 0.882. The van der Waals surface area contributed by atoms with Crippen LogP contribution in [-0.2, 0) is 9.47 Å². The van der Waals surface area contributed by atoms with Crippen molar-refractivity contribution >= 4 is 12.2 Å². The lowest BCUT2D eigenvalue weighted by Gasteiger charge is -2.38. The van der Waals surface area contributed by atoms with Crippen LogP contribution in [0.3, 0.4) is 0 Å². The van der Waals surface area contributed by atoms with Crippen molar-refractivity contribution < 1.29 is 19.1 Å². The molecule has 0 heterocycles. The van der Waals surface area contributed by atoms with Crippen LogP contribution >= 0.6 is 0 Å². The molecule has 0 spiro atoms. The number of nitrogens with zero attached hydrogens (tertiary/aromatic N) is 1. The fourth-order valence-electron chi connectivity index (χ4n) is 2.47. The minimum absolute atomic E-state index is 0.352. The Morgan fingerprint density at radius 1 is 0.909 bits per heavy atom. The Morgan fingerprint density at radius 2 is 1.32 bits per heavy atom. The molecule has 2 amide bonds. The lowest BCUT2D eigenvalue weighted by atomic mass is 9.73. The van der Waals surface area contributed by atoms with E-state index < -0.39 is 23.4 Å². The van der Waals surface area contributed by atoms with Crippen molar-refractivity contribution in [2.45, 2.75) is 78.9 Å². The minimum Gasteiger partial charge on any atom is -0.443 e. The number of carbonyl (C=O) groups excluding carboxylic acids is 2. The van der Waals surface area contributed by atoms with Crippen LogP contribution in [0.1, 0.15) is 67.7 Å². The maximum atomic E-state index is 12.3. The SMILES string of the molecule is CCC1CC(CN(C(=O)OC(C)(C)C)C(=O)OC(C)(C)C)C1. The Bertz CT molecular complexity index is 372. The lowest BCUT2D eigenvalue weighted by Crippen LogP contribution is -2.47. The van der Waals surface area contributed by atoms with Gasteiger partial charge in [0, 0.05) is 6.54 Å². The van der Waals surface area contributed by atoms with Gasteiger partial charge in [0.1, 0.15) is 11.2 Å². The molecule has 0 saturated heterocycles. The number of hydrogen-bond acceptors (Lipinski definition) is 4. The summed E-state index contributed by atoms with van der Waals surface area (Å²) in [6.07, 6.45) is 2.01. The average Bonchev–Trinajstić information content (AvgIpc) is 2.21. The first kappa shape index (κ1) is 18.8. The molecular formula is C17H31NO4. The molecule has 0 bridgehead atoms. The number of hydrogen-bond donors (Lipinski definition) is 0. The highest BCUT2D eigenvalue weighted by Gasteiger charge is 2.36. The molecule has 0 radical (unpaired) electrons. The number of amides is 2. The third-order valence-corrected chi connectivity index (χ3v) is 3.58. The highest BCUT2D eigenvalue weighted by Crippen LogP contribution is 2.36. The fourth-order valence-corrected chi connectivity index (χ4v) is 2.47. The van der Waals surface area contributed by atoms with Crippen LogP contribution in [-0.4, -0.2) is 34.8 Å². The summed E-state index contributed by atoms with van der Waals surface area (Å²) in [7, 11) is 0. The minimum atomic E-state index is -0.636. The van der Waals surface area contributed by atoms with E-state index in [9.17, 15) is 9.59 Å². The van der Waals surface area contributed by atoms with Gasteiger partial charge in [0.25, 0.3) is 0 Å². The Labute approximate surface area is 134 Å². The van der Waals surface area contributed by atoms with Gasteiger partial charge in [0.2, 0.25) is 0 Å². The lowest BCUT2D eigenvalue weighted by molar-refractivity contribution is -0.00662. The molecule has 128 valence electrons. The van der Waals surface area contributed by atoms with Gasteiger partial charge in [-0.25, -0.2) is 14.5 Å². The molecule has 0 unspecified atom stereocenters. The molecular weight excluding hydrogens is 282 g/mol. The van der Waals surface area contributed by atoms with E-state index in [1.165, 1.54) is 0 Å². The number of carbonyl (C=O) groups is 2. The molecule has 1 fully saturated rings. The van der Waals surface area contributed by atoms with E-state index in [-0.39, 0.29) is 0 Å². The molecule has 1 aliphatic carbocycles. The molecule has 5 heteroatoms. The second-order valence-electron chi connectivity index (χ2n) is 8.18. The normalized spacial score (nSPS) is 21.8. The summed E-state index contributed by atoms with van der Waals surface area (Å²) in [5, 5.41) is 0. The van der Waals surface area contributed by atoms with E-state index in [1.54, 1.807) is 41.5 Å². The van der Waals surface area contributed by atoms with Crippen molar-refractivity contribution in [2.24, 2.45) is 11.8 Å². The summed E-state index contributed by atoms with van der Waals surface area (Å²) >= 11 is 0. The van der Waals surface area contributed by atoms with Crippen LogP contribution in [0.5, 0.6) is 0 Å². The first-order valence-electron chi connectivity index (χ1n) is 8.14. The van der Waals surface area contributed by atoms with Crippen LogP contribution in [0.2, 0.25) is 0 Å². The van der Waals surface area contributed by atoms with E-state index in [0.717, 1.165) is 24.2 Å². The van der Waals surface area contributed by atoms with Crippen LogP contribution in [0.15, 0.2) is 0 Å². The molecule has 0 aromatic carbocycles. The Kier molecular flexibility index (Phi) is 5.88. The molecule has 0 aromatic heterocycles. The predicted octanol–water partition coefficient (Wildman–Crippen LogP) is 4.59. The van der Waals surface area contributed by atoms with Gasteiger partial charge in [-0.2, -0.15) is 0 Å². The van der Waals surface area contributed by atoms with Gasteiger partial charge in [-0.1, -0.05) is 13.3 Å². The largest absolute Gasteiger partial charge is 0.443 e. The van der Waals surface area contributed by atoms with Crippen molar-refractivity contribution in [2.75, 3.05) is 6.54 Å². The monoisotopic (exact) mass is 313 g/mol. The van der Waals surface area contributed by atoms with E-state index in [0.29, 0.717) is 18.4 Å². The third kappa shape index (κ3) is 6.24. The number of ether oxygens (including phenoxy) is 2. The maximum Gasteiger partial charge on any atom is 0.419 e. The van der Waals surface area contributed by atoms with E-state index in [4.69, 9.17) is 9.47 Å². The smallest absolute Gasteiger partial charge is 0.419 e. The maximum absolute atomic E-state index is 12.3. The van der Waals surface area contributed by atoms with Gasteiger partial charge >= 0.3 is 12.2 Å². The molecule has 5 nitrogen and oxygen atoms in total. The first-order valence-corrected chi connectivity index (χ1v) is 8.14. The third-order valence-electron chi connectivity index (χ3n) is 3.58. The van der Waals surface area contributed by atoms with Gasteiger partial charge < -0.3 is 9.47 Å². The van der Waals surface area contributed by atoms with Gasteiger partial charge in [0.05, 0.1) is 0 Å².